The summed E-state index contributed by atoms with van der Waals surface area (Å²) in [5.41, 5.74) is 1.07. The SMILES string of the molecule is Cc1ccc(-n2c(=O)c(I)cn([C@H]3C[C@H](OC(=O)c4ccccc4)[C@@H](COC(=O)c4ccccc4)O3)c2=O)cc1. The van der Waals surface area contributed by atoms with Crippen molar-refractivity contribution in [3.63, 3.8) is 0 Å². The van der Waals surface area contributed by atoms with Gasteiger partial charge in [0.15, 0.2) is 0 Å². The molecule has 0 spiro atoms. The molecule has 1 aliphatic rings. The quantitative estimate of drug-likeness (QED) is 0.217. The normalized spacial score (nSPS) is 18.3. The van der Waals surface area contributed by atoms with E-state index in [0.717, 1.165) is 10.1 Å². The first-order valence-electron chi connectivity index (χ1n) is 12.6. The molecule has 3 atom stereocenters. The van der Waals surface area contributed by atoms with Crippen molar-refractivity contribution >= 4 is 34.5 Å². The molecule has 40 heavy (non-hydrogen) atoms. The standard InChI is InChI=1S/C30H25IN2O7/c1-19-12-14-22(15-13-19)33-27(34)23(31)17-32(30(33)37)26-16-24(40-29(36)21-10-6-3-7-11-21)25(39-26)18-38-28(35)20-8-4-2-5-9-20/h2-15,17,24-26H,16,18H2,1H3/t24-,25+,26+/m0/s1. The molecule has 9 nitrogen and oxygen atoms in total. The van der Waals surface area contributed by atoms with E-state index in [2.05, 4.69) is 0 Å². The maximum Gasteiger partial charge on any atom is 0.338 e. The second-order valence-corrected chi connectivity index (χ2v) is 10.4. The number of hydrogen-bond donors (Lipinski definition) is 0. The Hall–Kier alpha value is -4.03. The molecule has 1 aliphatic heterocycles. The molecule has 0 N–H and O–H groups in total. The van der Waals surface area contributed by atoms with Crippen LogP contribution >= 0.6 is 22.6 Å². The lowest BCUT2D eigenvalue weighted by Crippen LogP contribution is -2.41. The zero-order chi connectivity index (χ0) is 28.2. The maximum absolute atomic E-state index is 13.6. The molecule has 0 unspecified atom stereocenters. The Balaban J connectivity index is 1.44. The minimum Gasteiger partial charge on any atom is -0.459 e. The van der Waals surface area contributed by atoms with Crippen molar-refractivity contribution in [2.45, 2.75) is 31.8 Å². The van der Waals surface area contributed by atoms with Crippen LogP contribution in [0.2, 0.25) is 0 Å². The second kappa shape index (κ2) is 12.0. The van der Waals surface area contributed by atoms with Crippen molar-refractivity contribution in [2.24, 2.45) is 0 Å². The third kappa shape index (κ3) is 5.92. The number of hydrogen-bond acceptors (Lipinski definition) is 7. The largest absolute Gasteiger partial charge is 0.459 e. The van der Waals surface area contributed by atoms with Crippen LogP contribution in [0.15, 0.2) is 101 Å². The number of carbonyl (C=O) groups excluding carboxylic acids is 2. The molecule has 3 aromatic carbocycles. The van der Waals surface area contributed by atoms with Crippen molar-refractivity contribution in [3.05, 3.63) is 132 Å². The van der Waals surface area contributed by atoms with Crippen LogP contribution in [0, 0.1) is 10.5 Å². The maximum atomic E-state index is 13.6. The number of esters is 2. The van der Waals surface area contributed by atoms with Crippen LogP contribution in [0.3, 0.4) is 0 Å². The monoisotopic (exact) mass is 652 g/mol. The highest BCUT2D eigenvalue weighted by atomic mass is 127. The molecule has 4 aromatic rings. The van der Waals surface area contributed by atoms with Gasteiger partial charge in [-0.1, -0.05) is 54.1 Å². The summed E-state index contributed by atoms with van der Waals surface area (Å²) >= 11 is 1.88. The Kier molecular flexibility index (Phi) is 8.27. The van der Waals surface area contributed by atoms with Crippen LogP contribution in [-0.4, -0.2) is 39.9 Å². The molecule has 1 saturated heterocycles. The zero-order valence-electron chi connectivity index (χ0n) is 21.4. The fraction of sp³-hybridized carbons (Fsp3) is 0.200. The van der Waals surface area contributed by atoms with E-state index in [1.165, 1.54) is 10.8 Å². The van der Waals surface area contributed by atoms with Crippen molar-refractivity contribution in [1.29, 1.82) is 0 Å². The Bertz CT molecular complexity index is 1630. The number of benzene rings is 3. The molecule has 0 aliphatic carbocycles. The van der Waals surface area contributed by atoms with E-state index in [0.29, 0.717) is 20.4 Å². The van der Waals surface area contributed by atoms with Crippen molar-refractivity contribution in [2.75, 3.05) is 6.61 Å². The van der Waals surface area contributed by atoms with E-state index in [1.54, 1.807) is 72.8 Å². The average molecular weight is 652 g/mol. The van der Waals surface area contributed by atoms with Gasteiger partial charge in [-0.3, -0.25) is 9.36 Å². The summed E-state index contributed by atoms with van der Waals surface area (Å²) in [6.45, 7) is 1.70. The molecular weight excluding hydrogens is 627 g/mol. The highest BCUT2D eigenvalue weighted by Gasteiger charge is 2.41. The third-order valence-electron chi connectivity index (χ3n) is 6.51. The van der Waals surface area contributed by atoms with Gasteiger partial charge in [0, 0.05) is 12.6 Å². The minimum atomic E-state index is -0.882. The van der Waals surface area contributed by atoms with Gasteiger partial charge < -0.3 is 14.2 Å². The van der Waals surface area contributed by atoms with Crippen LogP contribution in [0.4, 0.5) is 0 Å². The molecule has 0 bridgehead atoms. The average Bonchev–Trinajstić information content (AvgIpc) is 3.37. The van der Waals surface area contributed by atoms with Gasteiger partial charge in [0.1, 0.15) is 25.0 Å². The highest BCUT2D eigenvalue weighted by molar-refractivity contribution is 14.1. The smallest absolute Gasteiger partial charge is 0.338 e. The fourth-order valence-electron chi connectivity index (χ4n) is 4.41. The summed E-state index contributed by atoms with van der Waals surface area (Å²) in [5, 5.41) is 0. The Morgan fingerprint density at radius 1 is 0.900 bits per heavy atom. The lowest BCUT2D eigenvalue weighted by molar-refractivity contribution is -0.0584. The highest BCUT2D eigenvalue weighted by Crippen LogP contribution is 2.31. The zero-order valence-corrected chi connectivity index (χ0v) is 23.6. The molecule has 10 heteroatoms. The van der Waals surface area contributed by atoms with Gasteiger partial charge in [0.25, 0.3) is 5.56 Å². The summed E-state index contributed by atoms with van der Waals surface area (Å²) in [4.78, 5) is 52.0. The summed E-state index contributed by atoms with van der Waals surface area (Å²) in [6, 6.07) is 24.0. The Labute approximate surface area is 243 Å². The number of ether oxygens (including phenoxy) is 3. The van der Waals surface area contributed by atoms with Gasteiger partial charge in [-0.2, -0.15) is 0 Å². The lowest BCUT2D eigenvalue weighted by Gasteiger charge is -2.19. The third-order valence-corrected chi connectivity index (χ3v) is 7.25. The summed E-state index contributed by atoms with van der Waals surface area (Å²) in [7, 11) is 0. The summed E-state index contributed by atoms with van der Waals surface area (Å²) in [6.07, 6.45) is -1.03. The van der Waals surface area contributed by atoms with Gasteiger partial charge >= 0.3 is 17.6 Å². The molecule has 1 fully saturated rings. The topological polar surface area (TPSA) is 106 Å². The van der Waals surface area contributed by atoms with Crippen LogP contribution in [0.1, 0.15) is 38.9 Å². The predicted molar refractivity (Wildman–Crippen MR) is 155 cm³/mol. The van der Waals surface area contributed by atoms with Gasteiger partial charge in [-0.25, -0.2) is 19.0 Å². The first-order valence-corrected chi connectivity index (χ1v) is 13.6. The van der Waals surface area contributed by atoms with E-state index in [-0.39, 0.29) is 13.0 Å². The van der Waals surface area contributed by atoms with Crippen LogP contribution in [-0.2, 0) is 14.2 Å². The van der Waals surface area contributed by atoms with Crippen LogP contribution in [0.25, 0.3) is 5.69 Å². The number of carbonyl (C=O) groups is 2. The van der Waals surface area contributed by atoms with Crippen molar-refractivity contribution in [3.8, 4) is 5.69 Å². The summed E-state index contributed by atoms with van der Waals surface area (Å²) < 4.78 is 20.1. The molecule has 5 rings (SSSR count). The minimum absolute atomic E-state index is 0.105. The molecule has 2 heterocycles. The van der Waals surface area contributed by atoms with Gasteiger partial charge in [0.05, 0.1) is 20.4 Å². The van der Waals surface area contributed by atoms with Gasteiger partial charge in [-0.05, 0) is 65.9 Å². The molecule has 0 saturated carbocycles. The van der Waals surface area contributed by atoms with Gasteiger partial charge in [-0.15, -0.1) is 0 Å². The van der Waals surface area contributed by atoms with Crippen LogP contribution in [0.5, 0.6) is 0 Å². The van der Waals surface area contributed by atoms with E-state index >= 15 is 0 Å². The number of nitrogens with zero attached hydrogens (tertiary/aromatic N) is 2. The molecule has 0 amide bonds. The van der Waals surface area contributed by atoms with Gasteiger partial charge in [0.2, 0.25) is 0 Å². The number of aryl methyl sites for hydroxylation is 1. The van der Waals surface area contributed by atoms with E-state index in [9.17, 15) is 19.2 Å². The van der Waals surface area contributed by atoms with Crippen LogP contribution < -0.4 is 11.2 Å². The van der Waals surface area contributed by atoms with E-state index in [1.807, 2.05) is 41.6 Å². The summed E-state index contributed by atoms with van der Waals surface area (Å²) in [5.74, 6) is -1.12. The van der Waals surface area contributed by atoms with E-state index < -0.39 is 41.6 Å². The Morgan fingerprint density at radius 3 is 2.12 bits per heavy atom. The first-order chi connectivity index (χ1) is 19.3. The second-order valence-electron chi connectivity index (χ2n) is 9.28. The molecule has 204 valence electrons. The number of rotatable bonds is 7. The van der Waals surface area contributed by atoms with Crippen molar-refractivity contribution < 1.29 is 23.8 Å². The number of halogens is 1. The predicted octanol–water partition coefficient (Wildman–Crippen LogP) is 4.28. The molecular formula is C30H25IN2O7. The van der Waals surface area contributed by atoms with E-state index in [4.69, 9.17) is 14.2 Å². The first kappa shape index (κ1) is 27.5. The fourth-order valence-corrected chi connectivity index (χ4v) is 4.95. The molecule has 0 radical (unpaired) electrons. The molecule has 1 aromatic heterocycles. The Morgan fingerprint density at radius 2 is 1.50 bits per heavy atom. The van der Waals surface area contributed by atoms with Crippen molar-refractivity contribution in [1.82, 2.24) is 9.13 Å². The lowest BCUT2D eigenvalue weighted by atomic mass is 10.1. The number of aromatic nitrogens is 2.